The van der Waals surface area contributed by atoms with E-state index in [0.29, 0.717) is 39.9 Å². The van der Waals surface area contributed by atoms with Crippen LogP contribution in [0.25, 0.3) is 16.6 Å². The fourth-order valence-electron chi connectivity index (χ4n) is 2.75. The molecule has 0 unspecified atom stereocenters. The Morgan fingerprint density at radius 3 is 2.59 bits per heavy atom. The van der Waals surface area contributed by atoms with Crippen molar-refractivity contribution in [2.45, 2.75) is 31.2 Å². The largest absolute Gasteiger partial charge is 0.339 e. The van der Waals surface area contributed by atoms with Crippen LogP contribution in [0.15, 0.2) is 63.0 Å². The predicted molar refractivity (Wildman–Crippen MR) is 105 cm³/mol. The van der Waals surface area contributed by atoms with Crippen molar-refractivity contribution in [3.63, 3.8) is 0 Å². The topological polar surface area (TPSA) is 73.8 Å². The van der Waals surface area contributed by atoms with Crippen molar-refractivity contribution in [1.82, 2.24) is 19.7 Å². The Morgan fingerprint density at radius 2 is 1.85 bits per heavy atom. The van der Waals surface area contributed by atoms with Gasteiger partial charge in [-0.15, -0.1) is 0 Å². The van der Waals surface area contributed by atoms with E-state index in [1.165, 1.54) is 11.8 Å². The van der Waals surface area contributed by atoms with E-state index in [2.05, 4.69) is 10.1 Å². The van der Waals surface area contributed by atoms with E-state index in [0.717, 1.165) is 11.3 Å². The molecule has 0 fully saturated rings. The summed E-state index contributed by atoms with van der Waals surface area (Å²) < 4.78 is 6.81. The maximum atomic E-state index is 13.2. The van der Waals surface area contributed by atoms with Crippen LogP contribution in [0.2, 0.25) is 0 Å². The van der Waals surface area contributed by atoms with E-state index in [4.69, 9.17) is 9.51 Å². The summed E-state index contributed by atoms with van der Waals surface area (Å²) >= 11 is 1.42. The molecular formula is C20H18N4O2S. The Labute approximate surface area is 160 Å². The van der Waals surface area contributed by atoms with Gasteiger partial charge in [0.15, 0.2) is 11.0 Å². The molecule has 2 aromatic heterocycles. The molecule has 0 spiro atoms. The molecule has 0 saturated carbocycles. The summed E-state index contributed by atoms with van der Waals surface area (Å²) in [6, 6.07) is 15.2. The third-order valence-corrected chi connectivity index (χ3v) is 5.11. The molecule has 0 aliphatic heterocycles. The highest BCUT2D eigenvalue weighted by molar-refractivity contribution is 7.98. The first kappa shape index (κ1) is 17.5. The second kappa shape index (κ2) is 7.36. The molecule has 2 aromatic carbocycles. The first-order valence-electron chi connectivity index (χ1n) is 8.69. The zero-order chi connectivity index (χ0) is 18.8. The van der Waals surface area contributed by atoms with Crippen LogP contribution in [0.3, 0.4) is 0 Å². The number of aromatic nitrogens is 4. The molecule has 0 radical (unpaired) electrons. The third kappa shape index (κ3) is 3.50. The van der Waals surface area contributed by atoms with Gasteiger partial charge in [0.1, 0.15) is 0 Å². The normalized spacial score (nSPS) is 11.2. The molecule has 0 bridgehead atoms. The van der Waals surface area contributed by atoms with Crippen LogP contribution in [-0.2, 0) is 12.2 Å². The molecule has 7 heteroatoms. The number of benzene rings is 2. The van der Waals surface area contributed by atoms with Crippen molar-refractivity contribution in [2.75, 3.05) is 0 Å². The number of rotatable bonds is 5. The standard InChI is InChI=1S/C20H18N4O2S/c1-3-18-22-17(23-26-18)12-27-20-21-16-7-5-4-6-15(16)19(25)24(20)14-10-8-13(2)9-11-14/h4-11H,3,12H2,1-2H3. The van der Waals surface area contributed by atoms with Gasteiger partial charge >= 0.3 is 0 Å². The highest BCUT2D eigenvalue weighted by Gasteiger charge is 2.14. The zero-order valence-corrected chi connectivity index (χ0v) is 15.9. The van der Waals surface area contributed by atoms with Crippen molar-refractivity contribution < 1.29 is 4.52 Å². The molecular weight excluding hydrogens is 360 g/mol. The molecule has 0 aliphatic rings. The second-order valence-electron chi connectivity index (χ2n) is 6.13. The maximum Gasteiger partial charge on any atom is 0.266 e. The van der Waals surface area contributed by atoms with Crippen molar-refractivity contribution >= 4 is 22.7 Å². The molecule has 0 atom stereocenters. The summed E-state index contributed by atoms with van der Waals surface area (Å²) in [5, 5.41) is 5.17. The van der Waals surface area contributed by atoms with Gasteiger partial charge in [0.25, 0.3) is 5.56 Å². The number of hydrogen-bond acceptors (Lipinski definition) is 6. The fourth-order valence-corrected chi connectivity index (χ4v) is 3.61. The van der Waals surface area contributed by atoms with E-state index in [1.54, 1.807) is 10.6 Å². The minimum absolute atomic E-state index is 0.0886. The Balaban J connectivity index is 1.80. The number of hydrogen-bond donors (Lipinski definition) is 0. The number of thioether (sulfide) groups is 1. The molecule has 0 aliphatic carbocycles. The number of nitrogens with zero attached hydrogens (tertiary/aromatic N) is 4. The summed E-state index contributed by atoms with van der Waals surface area (Å²) in [5.74, 6) is 1.67. The summed E-state index contributed by atoms with van der Waals surface area (Å²) in [6.07, 6.45) is 0.694. The Kier molecular flexibility index (Phi) is 4.77. The molecule has 27 heavy (non-hydrogen) atoms. The van der Waals surface area contributed by atoms with E-state index < -0.39 is 0 Å². The maximum absolute atomic E-state index is 13.2. The molecule has 136 valence electrons. The lowest BCUT2D eigenvalue weighted by Crippen LogP contribution is -2.21. The molecule has 2 heterocycles. The fraction of sp³-hybridized carbons (Fsp3) is 0.200. The van der Waals surface area contributed by atoms with E-state index in [9.17, 15) is 4.79 Å². The first-order chi connectivity index (χ1) is 13.2. The summed E-state index contributed by atoms with van der Waals surface area (Å²) in [4.78, 5) is 22.2. The zero-order valence-electron chi connectivity index (χ0n) is 15.0. The molecule has 0 N–H and O–H groups in total. The Morgan fingerprint density at radius 1 is 1.07 bits per heavy atom. The highest BCUT2D eigenvalue weighted by atomic mass is 32.2. The van der Waals surface area contributed by atoms with Crippen LogP contribution in [-0.4, -0.2) is 19.7 Å². The van der Waals surface area contributed by atoms with Crippen molar-refractivity contribution in [3.05, 3.63) is 76.2 Å². The SMILES string of the molecule is CCc1nc(CSc2nc3ccccc3c(=O)n2-c2ccc(C)cc2)no1. The summed E-state index contributed by atoms with van der Waals surface area (Å²) in [5.41, 5.74) is 2.51. The first-order valence-corrected chi connectivity index (χ1v) is 9.67. The lowest BCUT2D eigenvalue weighted by molar-refractivity contribution is 0.378. The van der Waals surface area contributed by atoms with Crippen LogP contribution < -0.4 is 5.56 Å². The molecule has 4 aromatic rings. The minimum Gasteiger partial charge on any atom is -0.339 e. The van der Waals surface area contributed by atoms with E-state index >= 15 is 0 Å². The molecule has 0 saturated heterocycles. The van der Waals surface area contributed by atoms with E-state index in [1.807, 2.05) is 56.3 Å². The van der Waals surface area contributed by atoms with Crippen LogP contribution in [0.1, 0.15) is 24.2 Å². The van der Waals surface area contributed by atoms with Gasteiger partial charge in [-0.2, -0.15) is 4.98 Å². The predicted octanol–water partition coefficient (Wildman–Crippen LogP) is 3.93. The average molecular weight is 378 g/mol. The number of fused-ring (bicyclic) bond motifs is 1. The average Bonchev–Trinajstić information content (AvgIpc) is 3.16. The Hall–Kier alpha value is -2.93. The number of aryl methyl sites for hydroxylation is 2. The van der Waals surface area contributed by atoms with Crippen molar-refractivity contribution in [1.29, 1.82) is 0 Å². The van der Waals surface area contributed by atoms with Crippen LogP contribution in [0, 0.1) is 6.92 Å². The second-order valence-corrected chi connectivity index (χ2v) is 7.08. The van der Waals surface area contributed by atoms with E-state index in [-0.39, 0.29) is 5.56 Å². The monoisotopic (exact) mass is 378 g/mol. The van der Waals surface area contributed by atoms with Gasteiger partial charge < -0.3 is 4.52 Å². The van der Waals surface area contributed by atoms with Crippen LogP contribution >= 0.6 is 11.8 Å². The molecule has 4 rings (SSSR count). The third-order valence-electron chi connectivity index (χ3n) is 4.18. The van der Waals surface area contributed by atoms with Crippen molar-refractivity contribution in [3.8, 4) is 5.69 Å². The lowest BCUT2D eigenvalue weighted by Gasteiger charge is -2.13. The van der Waals surface area contributed by atoms with Crippen LogP contribution in [0.4, 0.5) is 0 Å². The minimum atomic E-state index is -0.0886. The number of para-hydroxylation sites is 1. The summed E-state index contributed by atoms with van der Waals surface area (Å²) in [6.45, 7) is 3.98. The molecule has 0 amide bonds. The molecule has 6 nitrogen and oxygen atoms in total. The van der Waals surface area contributed by atoms with Gasteiger partial charge in [0, 0.05) is 6.42 Å². The van der Waals surface area contributed by atoms with Gasteiger partial charge in [-0.3, -0.25) is 9.36 Å². The highest BCUT2D eigenvalue weighted by Crippen LogP contribution is 2.24. The van der Waals surface area contributed by atoms with Gasteiger partial charge in [0.2, 0.25) is 5.89 Å². The Bertz CT molecular complexity index is 1150. The van der Waals surface area contributed by atoms with Gasteiger partial charge in [-0.1, -0.05) is 53.7 Å². The van der Waals surface area contributed by atoms with Gasteiger partial charge in [-0.25, -0.2) is 4.98 Å². The quantitative estimate of drug-likeness (QED) is 0.387. The van der Waals surface area contributed by atoms with Gasteiger partial charge in [0.05, 0.1) is 22.3 Å². The smallest absolute Gasteiger partial charge is 0.266 e. The van der Waals surface area contributed by atoms with Gasteiger partial charge in [-0.05, 0) is 31.2 Å². The van der Waals surface area contributed by atoms with Crippen LogP contribution in [0.5, 0.6) is 0 Å². The lowest BCUT2D eigenvalue weighted by atomic mass is 10.2. The van der Waals surface area contributed by atoms with Crippen molar-refractivity contribution in [2.24, 2.45) is 0 Å². The summed E-state index contributed by atoms with van der Waals surface area (Å²) in [7, 11) is 0.